The van der Waals surface area contributed by atoms with Crippen molar-refractivity contribution < 1.29 is 0 Å². The van der Waals surface area contributed by atoms with Crippen molar-refractivity contribution in [2.75, 3.05) is 12.5 Å². The molecular formula is C12H13N3S2. The van der Waals surface area contributed by atoms with E-state index in [1.807, 2.05) is 43.7 Å². The third kappa shape index (κ3) is 4.25. The summed E-state index contributed by atoms with van der Waals surface area (Å²) in [6.45, 7) is 2.02. The molecule has 0 unspecified atom stereocenters. The molecule has 0 aliphatic rings. The van der Waals surface area contributed by atoms with Crippen molar-refractivity contribution in [2.24, 2.45) is 9.98 Å². The van der Waals surface area contributed by atoms with Crippen LogP contribution >= 0.6 is 23.5 Å². The lowest BCUT2D eigenvalue weighted by Gasteiger charge is -2.02. The minimum absolute atomic E-state index is 0.464. The van der Waals surface area contributed by atoms with Crippen LogP contribution in [0.4, 0.5) is 0 Å². The molecule has 1 rings (SSSR count). The molecule has 5 heteroatoms. The van der Waals surface area contributed by atoms with Crippen LogP contribution < -0.4 is 0 Å². The molecule has 0 N–H and O–H groups in total. The number of amidine groups is 1. The van der Waals surface area contributed by atoms with Crippen LogP contribution in [0.25, 0.3) is 0 Å². The van der Waals surface area contributed by atoms with Crippen molar-refractivity contribution in [2.45, 2.75) is 6.92 Å². The number of hydrogen-bond acceptors (Lipinski definition) is 4. The molecule has 0 atom stereocenters. The van der Waals surface area contributed by atoms with Crippen molar-refractivity contribution in [1.29, 1.82) is 5.26 Å². The van der Waals surface area contributed by atoms with Gasteiger partial charge in [0, 0.05) is 5.56 Å². The number of aryl methyl sites for hydroxylation is 1. The Balaban J connectivity index is 3.11. The van der Waals surface area contributed by atoms with Crippen LogP contribution in [0.15, 0.2) is 34.3 Å². The van der Waals surface area contributed by atoms with Gasteiger partial charge in [-0.15, -0.1) is 23.5 Å². The fraction of sp³-hybridized carbons (Fsp3) is 0.250. The molecule has 0 amide bonds. The summed E-state index contributed by atoms with van der Waals surface area (Å²) in [7, 11) is 0. The van der Waals surface area contributed by atoms with E-state index in [0.717, 1.165) is 9.94 Å². The molecule has 1 aromatic carbocycles. The molecule has 17 heavy (non-hydrogen) atoms. The molecule has 0 heterocycles. The van der Waals surface area contributed by atoms with Gasteiger partial charge in [-0.05, 0) is 19.4 Å². The molecular weight excluding hydrogens is 250 g/mol. The smallest absolute Gasteiger partial charge is 0.207 e. The minimum Gasteiger partial charge on any atom is -0.214 e. The quantitative estimate of drug-likeness (QED) is 0.444. The van der Waals surface area contributed by atoms with E-state index < -0.39 is 0 Å². The molecule has 0 aliphatic heterocycles. The van der Waals surface area contributed by atoms with Gasteiger partial charge in [0.1, 0.15) is 4.38 Å². The van der Waals surface area contributed by atoms with E-state index in [0.29, 0.717) is 5.84 Å². The molecule has 3 nitrogen and oxygen atoms in total. The Morgan fingerprint density at radius 1 is 1.18 bits per heavy atom. The topological polar surface area (TPSA) is 48.5 Å². The largest absolute Gasteiger partial charge is 0.214 e. The predicted molar refractivity (Wildman–Crippen MR) is 77.8 cm³/mol. The number of hydrogen-bond donors (Lipinski definition) is 0. The maximum atomic E-state index is 8.69. The van der Waals surface area contributed by atoms with Gasteiger partial charge in [-0.1, -0.05) is 29.8 Å². The van der Waals surface area contributed by atoms with Gasteiger partial charge in [0.2, 0.25) is 6.19 Å². The van der Waals surface area contributed by atoms with Crippen molar-refractivity contribution >= 4 is 33.7 Å². The summed E-state index contributed by atoms with van der Waals surface area (Å²) in [5.41, 5.74) is 2.03. The summed E-state index contributed by atoms with van der Waals surface area (Å²) in [6.07, 6.45) is 5.70. The highest BCUT2D eigenvalue weighted by atomic mass is 32.2. The molecule has 1 aromatic rings. The van der Waals surface area contributed by atoms with Crippen LogP contribution in [0, 0.1) is 18.4 Å². The Morgan fingerprint density at radius 3 is 2.24 bits per heavy atom. The Kier molecular flexibility index (Phi) is 5.81. The lowest BCUT2D eigenvalue weighted by atomic mass is 10.1. The molecule has 0 saturated heterocycles. The van der Waals surface area contributed by atoms with Crippen LogP contribution in [0.1, 0.15) is 11.1 Å². The monoisotopic (exact) mass is 263 g/mol. The van der Waals surface area contributed by atoms with Gasteiger partial charge < -0.3 is 0 Å². The van der Waals surface area contributed by atoms with Crippen LogP contribution in [0.5, 0.6) is 0 Å². The zero-order chi connectivity index (χ0) is 12.7. The standard InChI is InChI=1S/C12H13N3S2/c1-9-4-6-10(7-5-9)11(14-8-13)15-12(16-2)17-3/h4-7H,1-3H3. The van der Waals surface area contributed by atoms with E-state index in [1.165, 1.54) is 5.56 Å². The van der Waals surface area contributed by atoms with E-state index in [4.69, 9.17) is 5.26 Å². The highest BCUT2D eigenvalue weighted by Gasteiger charge is 2.04. The number of rotatable bonds is 1. The first-order valence-corrected chi connectivity index (χ1v) is 7.36. The second-order valence-electron chi connectivity index (χ2n) is 3.19. The van der Waals surface area contributed by atoms with Crippen molar-refractivity contribution in [3.63, 3.8) is 0 Å². The summed E-state index contributed by atoms with van der Waals surface area (Å²) in [5, 5.41) is 8.69. The van der Waals surface area contributed by atoms with Crippen LogP contribution in [0.3, 0.4) is 0 Å². The molecule has 0 aromatic heterocycles. The SMILES string of the molecule is CSC(=NC(=NC#N)c1ccc(C)cc1)SC. The lowest BCUT2D eigenvalue weighted by Crippen LogP contribution is -1.99. The lowest BCUT2D eigenvalue weighted by molar-refractivity contribution is 1.40. The molecule has 0 radical (unpaired) electrons. The molecule has 0 bridgehead atoms. The van der Waals surface area contributed by atoms with E-state index in [9.17, 15) is 0 Å². The van der Waals surface area contributed by atoms with Crippen molar-refractivity contribution in [3.05, 3.63) is 35.4 Å². The Labute approximate surface area is 110 Å². The molecule has 88 valence electrons. The van der Waals surface area contributed by atoms with Crippen molar-refractivity contribution in [3.8, 4) is 6.19 Å². The third-order valence-electron chi connectivity index (χ3n) is 2.01. The normalized spacial score (nSPS) is 10.8. The Bertz CT molecular complexity index is 464. The van der Waals surface area contributed by atoms with Crippen molar-refractivity contribution in [1.82, 2.24) is 0 Å². The summed E-state index contributed by atoms with van der Waals surface area (Å²) in [4.78, 5) is 8.14. The molecule has 0 fully saturated rings. The van der Waals surface area contributed by atoms with Gasteiger partial charge in [0.15, 0.2) is 5.84 Å². The number of nitrogens with zero attached hydrogens (tertiary/aromatic N) is 3. The van der Waals surface area contributed by atoms with Crippen LogP contribution in [-0.4, -0.2) is 22.7 Å². The van der Waals surface area contributed by atoms with E-state index in [1.54, 1.807) is 29.7 Å². The second kappa shape index (κ2) is 7.15. The third-order valence-corrected chi connectivity index (χ3v) is 3.89. The van der Waals surface area contributed by atoms with Gasteiger partial charge in [0.25, 0.3) is 0 Å². The second-order valence-corrected chi connectivity index (χ2v) is 5.04. The Hall–Kier alpha value is -1.25. The fourth-order valence-electron chi connectivity index (χ4n) is 1.17. The van der Waals surface area contributed by atoms with Gasteiger partial charge in [-0.25, -0.2) is 4.99 Å². The number of thioether (sulfide) groups is 2. The first-order valence-electron chi connectivity index (χ1n) is 4.91. The molecule has 0 aliphatic carbocycles. The van der Waals surface area contributed by atoms with Gasteiger partial charge in [-0.3, -0.25) is 0 Å². The Morgan fingerprint density at radius 2 is 1.76 bits per heavy atom. The highest BCUT2D eigenvalue weighted by molar-refractivity contribution is 8.38. The number of nitriles is 1. The van der Waals surface area contributed by atoms with Crippen LogP contribution in [0.2, 0.25) is 0 Å². The first-order chi connectivity index (χ1) is 8.21. The zero-order valence-electron chi connectivity index (χ0n) is 9.97. The number of aliphatic imine (C=N–C) groups is 2. The highest BCUT2D eigenvalue weighted by Crippen LogP contribution is 2.14. The summed E-state index contributed by atoms with van der Waals surface area (Å²) in [5.74, 6) is 0.464. The molecule has 0 saturated carbocycles. The van der Waals surface area contributed by atoms with Gasteiger partial charge in [-0.2, -0.15) is 10.3 Å². The molecule has 0 spiro atoms. The fourth-order valence-corrected chi connectivity index (χ4v) is 2.19. The summed E-state index contributed by atoms with van der Waals surface area (Å²) in [6, 6.07) is 7.81. The van der Waals surface area contributed by atoms with E-state index in [-0.39, 0.29) is 0 Å². The predicted octanol–water partition coefficient (Wildman–Crippen LogP) is 3.30. The average Bonchev–Trinajstić information content (AvgIpc) is 2.35. The van der Waals surface area contributed by atoms with E-state index in [2.05, 4.69) is 9.98 Å². The average molecular weight is 263 g/mol. The van der Waals surface area contributed by atoms with Crippen LogP contribution in [-0.2, 0) is 0 Å². The summed E-state index contributed by atoms with van der Waals surface area (Å²) < 4.78 is 0.888. The number of benzene rings is 1. The maximum Gasteiger partial charge on any atom is 0.207 e. The van der Waals surface area contributed by atoms with Gasteiger partial charge in [0.05, 0.1) is 0 Å². The summed E-state index contributed by atoms with van der Waals surface area (Å²) >= 11 is 3.09. The first kappa shape index (κ1) is 13.8. The maximum absolute atomic E-state index is 8.69. The van der Waals surface area contributed by atoms with Gasteiger partial charge >= 0.3 is 0 Å². The zero-order valence-corrected chi connectivity index (χ0v) is 11.6. The minimum atomic E-state index is 0.464. The van der Waals surface area contributed by atoms with E-state index >= 15 is 0 Å².